The molecule has 2 heterocycles. The van der Waals surface area contributed by atoms with E-state index in [0.29, 0.717) is 42.3 Å². The molecule has 2 aromatic heterocycles. The summed E-state index contributed by atoms with van der Waals surface area (Å²) in [4.78, 5) is 60.5. The van der Waals surface area contributed by atoms with Crippen LogP contribution in [0.3, 0.4) is 0 Å². The highest BCUT2D eigenvalue weighted by Crippen LogP contribution is 2.32. The molecular formula is C38H43Cl2N3O14. The van der Waals surface area contributed by atoms with Gasteiger partial charge in [-0.15, -0.1) is 0 Å². The fourth-order valence-corrected chi connectivity index (χ4v) is 5.41. The normalized spacial score (nSPS) is 11.2. The topological polar surface area (TPSA) is 246 Å². The molecule has 0 bridgehead atoms. The van der Waals surface area contributed by atoms with Crippen LogP contribution in [0.4, 0.5) is 0 Å². The van der Waals surface area contributed by atoms with E-state index in [2.05, 4.69) is 4.98 Å². The molecule has 19 heteroatoms. The first kappa shape index (κ1) is 46.2. The molecule has 4 aromatic rings. The molecular weight excluding hydrogens is 793 g/mol. The summed E-state index contributed by atoms with van der Waals surface area (Å²) in [5.74, 6) is -3.03. The maximum Gasteiger partial charge on any atom is 0.341 e. The summed E-state index contributed by atoms with van der Waals surface area (Å²) in [6, 6.07) is 7.93. The van der Waals surface area contributed by atoms with Crippen LogP contribution in [0.25, 0.3) is 21.8 Å². The summed E-state index contributed by atoms with van der Waals surface area (Å²) in [5.41, 5.74) is -1.45. The van der Waals surface area contributed by atoms with Crippen LogP contribution in [0.1, 0.15) is 54.3 Å². The SMILES string of the molecule is CC(C)(C)n1cc(C(=O)O)c(=O)c2cc(OCCOCCOCCC#N)c(Cl)cc21.O=C(O)CCOCCOCCOc1cc2c(=O)c(C(=O)O)c[nH]c2cc1Cl. The molecule has 0 atom stereocenters. The molecule has 0 spiro atoms. The van der Waals surface area contributed by atoms with Gasteiger partial charge in [0.2, 0.25) is 10.9 Å². The highest BCUT2D eigenvalue weighted by molar-refractivity contribution is 6.33. The number of fused-ring (bicyclic) bond motifs is 2. The van der Waals surface area contributed by atoms with Crippen molar-refractivity contribution in [2.24, 2.45) is 0 Å². The Hall–Kier alpha value is -5.22. The molecule has 0 aliphatic rings. The van der Waals surface area contributed by atoms with Crippen molar-refractivity contribution in [3.8, 4) is 17.6 Å². The molecule has 2 aromatic carbocycles. The van der Waals surface area contributed by atoms with Crippen molar-refractivity contribution in [3.05, 3.63) is 78.3 Å². The largest absolute Gasteiger partial charge is 0.490 e. The van der Waals surface area contributed by atoms with Crippen LogP contribution in [0.2, 0.25) is 10.0 Å². The number of carbonyl (C=O) groups is 3. The van der Waals surface area contributed by atoms with Crippen molar-refractivity contribution in [1.82, 2.24) is 9.55 Å². The molecule has 4 N–H and O–H groups in total. The van der Waals surface area contributed by atoms with Gasteiger partial charge in [-0.05, 0) is 45.0 Å². The maximum absolute atomic E-state index is 12.7. The van der Waals surface area contributed by atoms with E-state index in [1.807, 2.05) is 26.8 Å². The number of nitrogens with zero attached hydrogens (tertiary/aromatic N) is 2. The Bertz CT molecular complexity index is 2190. The van der Waals surface area contributed by atoms with Crippen LogP contribution in [0, 0.1) is 11.3 Å². The third-order valence-corrected chi connectivity index (χ3v) is 8.30. The van der Waals surface area contributed by atoms with Crippen LogP contribution in [0.5, 0.6) is 11.5 Å². The lowest BCUT2D eigenvalue weighted by atomic mass is 10.0. The number of H-pyrrole nitrogens is 1. The van der Waals surface area contributed by atoms with Crippen molar-refractivity contribution < 1.29 is 58.1 Å². The molecule has 308 valence electrons. The molecule has 0 amide bonds. The van der Waals surface area contributed by atoms with E-state index in [9.17, 15) is 29.1 Å². The quantitative estimate of drug-likeness (QED) is 0.0788. The Morgan fingerprint density at radius 1 is 0.719 bits per heavy atom. The van der Waals surface area contributed by atoms with Gasteiger partial charge in [0.1, 0.15) is 35.8 Å². The van der Waals surface area contributed by atoms with Crippen molar-refractivity contribution >= 4 is 62.9 Å². The molecule has 0 saturated heterocycles. The van der Waals surface area contributed by atoms with Gasteiger partial charge >= 0.3 is 17.9 Å². The average molecular weight is 837 g/mol. The van der Waals surface area contributed by atoms with Crippen molar-refractivity contribution in [3.63, 3.8) is 0 Å². The van der Waals surface area contributed by atoms with Gasteiger partial charge in [-0.25, -0.2) is 9.59 Å². The van der Waals surface area contributed by atoms with Gasteiger partial charge in [0.15, 0.2) is 0 Å². The molecule has 0 radical (unpaired) electrons. The number of ether oxygens (including phenoxy) is 6. The molecule has 0 fully saturated rings. The van der Waals surface area contributed by atoms with Gasteiger partial charge in [0, 0.05) is 17.9 Å². The first-order valence-electron chi connectivity index (χ1n) is 17.4. The number of hydrogen-bond acceptors (Lipinski definition) is 12. The van der Waals surface area contributed by atoms with Gasteiger partial charge in [0.25, 0.3) is 0 Å². The number of aromatic nitrogens is 2. The number of nitriles is 1. The molecule has 0 saturated carbocycles. The number of nitrogens with one attached hydrogen (secondary N) is 1. The average Bonchev–Trinajstić information content (AvgIpc) is 3.13. The van der Waals surface area contributed by atoms with Crippen molar-refractivity contribution in [1.29, 1.82) is 5.26 Å². The minimum atomic E-state index is -1.32. The van der Waals surface area contributed by atoms with Crippen LogP contribution in [0.15, 0.2) is 46.2 Å². The maximum atomic E-state index is 12.7. The number of benzene rings is 2. The van der Waals surface area contributed by atoms with Gasteiger partial charge in [-0.2, -0.15) is 5.26 Å². The van der Waals surface area contributed by atoms with Crippen molar-refractivity contribution in [2.45, 2.75) is 39.2 Å². The van der Waals surface area contributed by atoms with E-state index in [1.165, 1.54) is 24.4 Å². The Balaban J connectivity index is 0.000000307. The van der Waals surface area contributed by atoms with E-state index in [4.69, 9.17) is 67.1 Å². The Morgan fingerprint density at radius 3 is 1.74 bits per heavy atom. The minimum absolute atomic E-state index is 0.0632. The number of aliphatic carboxylic acids is 1. The molecule has 0 aliphatic heterocycles. The van der Waals surface area contributed by atoms with Gasteiger partial charge in [-0.1, -0.05) is 23.2 Å². The van der Waals surface area contributed by atoms with Gasteiger partial charge in [0.05, 0.1) is 104 Å². The van der Waals surface area contributed by atoms with E-state index in [1.54, 1.807) is 10.6 Å². The highest BCUT2D eigenvalue weighted by Gasteiger charge is 2.22. The number of aromatic amines is 1. The van der Waals surface area contributed by atoms with E-state index in [-0.39, 0.29) is 91.1 Å². The minimum Gasteiger partial charge on any atom is -0.490 e. The predicted octanol–water partition coefficient (Wildman–Crippen LogP) is 5.20. The summed E-state index contributed by atoms with van der Waals surface area (Å²) in [6.45, 7) is 8.32. The van der Waals surface area contributed by atoms with E-state index < -0.39 is 34.3 Å². The van der Waals surface area contributed by atoms with Gasteiger partial charge in [-0.3, -0.25) is 14.4 Å². The molecule has 4 rings (SSSR count). The lowest BCUT2D eigenvalue weighted by molar-refractivity contribution is -0.138. The van der Waals surface area contributed by atoms with Gasteiger partial charge < -0.3 is 53.3 Å². The summed E-state index contributed by atoms with van der Waals surface area (Å²) < 4.78 is 33.8. The number of carboxylic acids is 3. The second-order valence-corrected chi connectivity index (χ2v) is 13.7. The number of rotatable bonds is 21. The Morgan fingerprint density at radius 2 is 1.21 bits per heavy atom. The smallest absolute Gasteiger partial charge is 0.341 e. The fraction of sp³-hybridized carbons (Fsp3) is 0.421. The Kier molecular flexibility index (Phi) is 18.2. The highest BCUT2D eigenvalue weighted by atomic mass is 35.5. The standard InChI is InChI=1S/C21H25ClN2O6.C17H18ClNO8/c1-21(2,3)24-13-15(20(26)27)19(25)14-11-18(16(22)12-17(14)24)30-10-9-29-8-7-28-6-4-5-23;18-12-8-13-10(16(22)11(9-19-13)17(23)24)7-14(12)27-6-5-26-4-3-25-2-1-15(20)21/h11-13H,4,6-10H2,1-3H3,(H,26,27);7-9H,1-6H2,(H,19,22)(H,20,21)(H,23,24). The molecule has 0 aliphatic carbocycles. The second-order valence-electron chi connectivity index (χ2n) is 12.9. The molecule has 17 nitrogen and oxygen atoms in total. The van der Waals surface area contributed by atoms with Crippen LogP contribution in [-0.4, -0.2) is 109 Å². The number of carboxylic acid groups (broad SMARTS) is 3. The summed E-state index contributed by atoms with van der Waals surface area (Å²) in [7, 11) is 0. The molecule has 57 heavy (non-hydrogen) atoms. The summed E-state index contributed by atoms with van der Waals surface area (Å²) in [6.07, 6.45) is 2.74. The van der Waals surface area contributed by atoms with Crippen LogP contribution >= 0.6 is 23.2 Å². The number of pyridine rings is 2. The van der Waals surface area contributed by atoms with Crippen LogP contribution in [-0.2, 0) is 29.3 Å². The number of aromatic carboxylic acids is 2. The van der Waals surface area contributed by atoms with E-state index >= 15 is 0 Å². The monoisotopic (exact) mass is 835 g/mol. The zero-order valence-electron chi connectivity index (χ0n) is 31.4. The third kappa shape index (κ3) is 14.0. The third-order valence-electron chi connectivity index (χ3n) is 7.71. The van der Waals surface area contributed by atoms with E-state index in [0.717, 1.165) is 6.20 Å². The zero-order chi connectivity index (χ0) is 42.1. The second kappa shape index (κ2) is 22.5. The fourth-order valence-electron chi connectivity index (χ4n) is 4.98. The number of hydrogen-bond donors (Lipinski definition) is 4. The van der Waals surface area contributed by atoms with Crippen molar-refractivity contribution in [2.75, 3.05) is 66.1 Å². The lowest BCUT2D eigenvalue weighted by Gasteiger charge is -2.26. The predicted molar refractivity (Wildman–Crippen MR) is 208 cm³/mol. The summed E-state index contributed by atoms with van der Waals surface area (Å²) >= 11 is 12.5. The molecule has 0 unspecified atom stereocenters. The first-order chi connectivity index (χ1) is 27.1. The first-order valence-corrected chi connectivity index (χ1v) is 18.2. The Labute approximate surface area is 336 Å². The lowest BCUT2D eigenvalue weighted by Crippen LogP contribution is -2.27. The summed E-state index contributed by atoms with van der Waals surface area (Å²) in [5, 5.41) is 36.2. The zero-order valence-corrected chi connectivity index (χ0v) is 32.9. The van der Waals surface area contributed by atoms with Crippen LogP contribution < -0.4 is 20.3 Å². The number of halogens is 2.